The molecule has 0 radical (unpaired) electrons. The van der Waals surface area contributed by atoms with Crippen LogP contribution in [0.15, 0.2) is 53.7 Å². The molecule has 2 heterocycles. The van der Waals surface area contributed by atoms with Gasteiger partial charge in [-0.2, -0.15) is 0 Å². The first-order chi connectivity index (χ1) is 14.9. The summed E-state index contributed by atoms with van der Waals surface area (Å²) in [5, 5.41) is 10.2. The standard InChI is InChI=1S/C23H26ClN5OS/c1-16(27(2)3)22-25-26-23(29(22)20-10-8-19(24)9-11-20)31-15-21(30)28-13-12-17-6-4-5-7-18(17)14-28/h4-11,16H,12-15H2,1-3H3. The molecule has 0 spiro atoms. The van der Waals surface area contributed by atoms with Gasteiger partial charge in [0.1, 0.15) is 0 Å². The fourth-order valence-electron chi connectivity index (χ4n) is 3.64. The SMILES string of the molecule is CC(c1nnc(SCC(=O)N2CCc3ccccc3C2)n1-c1ccc(Cl)cc1)N(C)C. The number of carbonyl (C=O) groups excluding carboxylic acids is 1. The van der Waals surface area contributed by atoms with E-state index in [1.165, 1.54) is 22.9 Å². The summed E-state index contributed by atoms with van der Waals surface area (Å²) in [6, 6.07) is 16.0. The van der Waals surface area contributed by atoms with Crippen molar-refractivity contribution in [3.63, 3.8) is 0 Å². The normalized spacial score (nSPS) is 14.5. The van der Waals surface area contributed by atoms with Gasteiger partial charge in [0.05, 0.1) is 11.8 Å². The fourth-order valence-corrected chi connectivity index (χ4v) is 4.62. The minimum atomic E-state index is 0.0619. The number of fused-ring (bicyclic) bond motifs is 1. The van der Waals surface area contributed by atoms with Gasteiger partial charge in [-0.15, -0.1) is 10.2 Å². The average Bonchev–Trinajstić information content (AvgIpc) is 3.20. The topological polar surface area (TPSA) is 54.3 Å². The lowest BCUT2D eigenvalue weighted by atomic mass is 10.00. The molecule has 1 atom stereocenters. The molecule has 31 heavy (non-hydrogen) atoms. The number of benzene rings is 2. The van der Waals surface area contributed by atoms with Crippen LogP contribution in [0, 0.1) is 0 Å². The van der Waals surface area contributed by atoms with E-state index in [1.54, 1.807) is 0 Å². The third-order valence-electron chi connectivity index (χ3n) is 5.70. The molecule has 1 aliphatic heterocycles. The smallest absolute Gasteiger partial charge is 0.233 e. The minimum absolute atomic E-state index is 0.0619. The van der Waals surface area contributed by atoms with Crippen LogP contribution in [0.2, 0.25) is 5.02 Å². The Bertz CT molecular complexity index is 1070. The maximum Gasteiger partial charge on any atom is 0.233 e. The summed E-state index contributed by atoms with van der Waals surface area (Å²) in [6.07, 6.45) is 0.901. The van der Waals surface area contributed by atoms with Gasteiger partial charge in [-0.05, 0) is 62.8 Å². The molecule has 8 heteroatoms. The van der Waals surface area contributed by atoms with E-state index in [0.717, 1.165) is 24.5 Å². The highest BCUT2D eigenvalue weighted by Gasteiger charge is 2.24. The lowest BCUT2D eigenvalue weighted by Crippen LogP contribution is -2.37. The predicted molar refractivity (Wildman–Crippen MR) is 125 cm³/mol. The van der Waals surface area contributed by atoms with Crippen LogP contribution in [0.3, 0.4) is 0 Å². The first-order valence-electron chi connectivity index (χ1n) is 10.3. The Morgan fingerprint density at radius 2 is 1.84 bits per heavy atom. The number of nitrogens with zero attached hydrogens (tertiary/aromatic N) is 5. The van der Waals surface area contributed by atoms with Crippen LogP contribution in [0.25, 0.3) is 5.69 Å². The van der Waals surface area contributed by atoms with E-state index in [1.807, 2.05) is 53.9 Å². The Morgan fingerprint density at radius 1 is 1.13 bits per heavy atom. The maximum atomic E-state index is 12.9. The fraction of sp³-hybridized carbons (Fsp3) is 0.348. The summed E-state index contributed by atoms with van der Waals surface area (Å²) < 4.78 is 2.02. The molecule has 0 aliphatic carbocycles. The molecule has 1 aliphatic rings. The number of hydrogen-bond acceptors (Lipinski definition) is 5. The summed E-state index contributed by atoms with van der Waals surface area (Å²) in [4.78, 5) is 17.0. The summed E-state index contributed by atoms with van der Waals surface area (Å²) in [6.45, 7) is 3.51. The molecule has 0 saturated carbocycles. The zero-order valence-corrected chi connectivity index (χ0v) is 19.5. The van der Waals surface area contributed by atoms with Crippen molar-refractivity contribution in [2.24, 2.45) is 0 Å². The highest BCUT2D eigenvalue weighted by molar-refractivity contribution is 7.99. The van der Waals surface area contributed by atoms with Gasteiger partial charge >= 0.3 is 0 Å². The molecule has 6 nitrogen and oxygen atoms in total. The zero-order chi connectivity index (χ0) is 22.0. The van der Waals surface area contributed by atoms with Crippen molar-refractivity contribution in [3.05, 3.63) is 70.5 Å². The van der Waals surface area contributed by atoms with E-state index >= 15 is 0 Å². The first kappa shape index (κ1) is 21.9. The molecule has 0 fully saturated rings. The van der Waals surface area contributed by atoms with Crippen molar-refractivity contribution >= 4 is 29.3 Å². The molecular weight excluding hydrogens is 430 g/mol. The summed E-state index contributed by atoms with van der Waals surface area (Å²) in [5.74, 6) is 1.27. The second kappa shape index (κ2) is 9.42. The molecule has 1 unspecified atom stereocenters. The van der Waals surface area contributed by atoms with Crippen molar-refractivity contribution in [1.82, 2.24) is 24.6 Å². The summed E-state index contributed by atoms with van der Waals surface area (Å²) in [5.41, 5.74) is 3.50. The Morgan fingerprint density at radius 3 is 2.55 bits per heavy atom. The monoisotopic (exact) mass is 455 g/mol. The Balaban J connectivity index is 1.53. The van der Waals surface area contributed by atoms with Crippen molar-refractivity contribution in [3.8, 4) is 5.69 Å². The molecular formula is C23H26ClN5OS. The van der Waals surface area contributed by atoms with Crippen LogP contribution in [-0.4, -0.2) is 56.9 Å². The van der Waals surface area contributed by atoms with Crippen LogP contribution in [0.4, 0.5) is 0 Å². The maximum absolute atomic E-state index is 12.9. The molecule has 0 saturated heterocycles. The quantitative estimate of drug-likeness (QED) is 0.521. The largest absolute Gasteiger partial charge is 0.337 e. The zero-order valence-electron chi connectivity index (χ0n) is 18.0. The van der Waals surface area contributed by atoms with Crippen molar-refractivity contribution < 1.29 is 4.79 Å². The highest BCUT2D eigenvalue weighted by Crippen LogP contribution is 2.28. The third kappa shape index (κ3) is 4.79. The molecule has 162 valence electrons. The van der Waals surface area contributed by atoms with E-state index in [2.05, 4.69) is 40.2 Å². The molecule has 2 aromatic carbocycles. The van der Waals surface area contributed by atoms with E-state index in [-0.39, 0.29) is 11.9 Å². The van der Waals surface area contributed by atoms with Crippen LogP contribution in [-0.2, 0) is 17.8 Å². The second-order valence-corrected chi connectivity index (χ2v) is 9.29. The number of thioether (sulfide) groups is 1. The molecule has 1 aromatic heterocycles. The van der Waals surface area contributed by atoms with Gasteiger partial charge in [0.15, 0.2) is 11.0 Å². The number of rotatable bonds is 6. The van der Waals surface area contributed by atoms with Crippen LogP contribution in [0.1, 0.15) is 29.9 Å². The minimum Gasteiger partial charge on any atom is -0.337 e. The summed E-state index contributed by atoms with van der Waals surface area (Å²) in [7, 11) is 4.02. The van der Waals surface area contributed by atoms with E-state index in [0.29, 0.717) is 22.5 Å². The number of carbonyl (C=O) groups is 1. The Hall–Kier alpha value is -2.35. The van der Waals surface area contributed by atoms with Crippen molar-refractivity contribution in [2.45, 2.75) is 31.1 Å². The number of hydrogen-bond donors (Lipinski definition) is 0. The molecule has 3 aromatic rings. The van der Waals surface area contributed by atoms with E-state index in [9.17, 15) is 4.79 Å². The van der Waals surface area contributed by atoms with Crippen molar-refractivity contribution in [1.29, 1.82) is 0 Å². The van der Waals surface area contributed by atoms with Gasteiger partial charge in [0.25, 0.3) is 0 Å². The number of amides is 1. The van der Waals surface area contributed by atoms with Gasteiger partial charge < -0.3 is 4.90 Å². The lowest BCUT2D eigenvalue weighted by molar-refractivity contribution is -0.129. The molecule has 1 amide bonds. The van der Waals surface area contributed by atoms with Gasteiger partial charge in [-0.3, -0.25) is 14.3 Å². The lowest BCUT2D eigenvalue weighted by Gasteiger charge is -2.28. The van der Waals surface area contributed by atoms with E-state index < -0.39 is 0 Å². The predicted octanol–water partition coefficient (Wildman–Crippen LogP) is 4.22. The van der Waals surface area contributed by atoms with Gasteiger partial charge in [0, 0.05) is 23.8 Å². The van der Waals surface area contributed by atoms with Crippen LogP contribution in [0.5, 0.6) is 0 Å². The molecule has 0 N–H and O–H groups in total. The number of aromatic nitrogens is 3. The third-order valence-corrected chi connectivity index (χ3v) is 6.87. The van der Waals surface area contributed by atoms with Gasteiger partial charge in [-0.25, -0.2) is 0 Å². The van der Waals surface area contributed by atoms with Gasteiger partial charge in [-0.1, -0.05) is 47.6 Å². The molecule has 0 bridgehead atoms. The first-order valence-corrected chi connectivity index (χ1v) is 11.7. The second-order valence-electron chi connectivity index (χ2n) is 7.91. The molecule has 4 rings (SSSR count). The van der Waals surface area contributed by atoms with Crippen molar-refractivity contribution in [2.75, 3.05) is 26.4 Å². The van der Waals surface area contributed by atoms with E-state index in [4.69, 9.17) is 11.6 Å². The Labute approximate surface area is 192 Å². The summed E-state index contributed by atoms with van der Waals surface area (Å²) >= 11 is 7.51. The van der Waals surface area contributed by atoms with Crippen LogP contribution < -0.4 is 0 Å². The van der Waals surface area contributed by atoms with Crippen LogP contribution >= 0.6 is 23.4 Å². The average molecular weight is 456 g/mol. The Kier molecular flexibility index (Phi) is 6.65. The van der Waals surface area contributed by atoms with Gasteiger partial charge in [0.2, 0.25) is 5.91 Å². The highest BCUT2D eigenvalue weighted by atomic mass is 35.5. The number of halogens is 1.